The van der Waals surface area contributed by atoms with E-state index in [1.54, 1.807) is 11.3 Å². The summed E-state index contributed by atoms with van der Waals surface area (Å²) in [7, 11) is 0. The van der Waals surface area contributed by atoms with Crippen LogP contribution in [0.1, 0.15) is 43.8 Å². The van der Waals surface area contributed by atoms with Crippen LogP contribution in [0.2, 0.25) is 0 Å². The maximum atomic E-state index is 5.90. The number of hydrogen-bond acceptors (Lipinski definition) is 4. The summed E-state index contributed by atoms with van der Waals surface area (Å²) in [6.07, 6.45) is 6.27. The molecule has 3 atom stereocenters. The molecular formula is C16H26N4OS. The second-order valence-corrected chi connectivity index (χ2v) is 6.90. The Morgan fingerprint density at radius 3 is 3.00 bits per heavy atom. The van der Waals surface area contributed by atoms with Crippen LogP contribution in [0.5, 0.6) is 0 Å². The zero-order chi connectivity index (χ0) is 15.4. The van der Waals surface area contributed by atoms with E-state index in [1.807, 2.05) is 0 Å². The van der Waals surface area contributed by atoms with Crippen LogP contribution < -0.4 is 10.6 Å². The Bertz CT molecular complexity index is 516. The summed E-state index contributed by atoms with van der Waals surface area (Å²) in [6, 6.07) is 0.419. The van der Waals surface area contributed by atoms with Gasteiger partial charge in [0.25, 0.3) is 0 Å². The average Bonchev–Trinajstić information content (AvgIpc) is 3.23. The Labute approximate surface area is 136 Å². The molecular weight excluding hydrogens is 296 g/mol. The Morgan fingerprint density at radius 2 is 2.36 bits per heavy atom. The number of hydrogen-bond donors (Lipinski definition) is 2. The Hall–Kier alpha value is -1.14. The molecule has 2 N–H and O–H groups in total. The van der Waals surface area contributed by atoms with Crippen LogP contribution in [0.15, 0.2) is 10.4 Å². The molecule has 3 heterocycles. The van der Waals surface area contributed by atoms with Crippen molar-refractivity contribution in [1.29, 1.82) is 0 Å². The first-order valence-electron chi connectivity index (χ1n) is 8.42. The number of aliphatic imine (C=N–C) groups is 1. The van der Waals surface area contributed by atoms with E-state index in [-0.39, 0.29) is 0 Å². The largest absolute Gasteiger partial charge is 0.373 e. The van der Waals surface area contributed by atoms with Gasteiger partial charge in [-0.25, -0.2) is 4.98 Å². The summed E-state index contributed by atoms with van der Waals surface area (Å²) in [5.74, 6) is 0.912. The van der Waals surface area contributed by atoms with Gasteiger partial charge in [0.05, 0.1) is 29.0 Å². The fourth-order valence-electron chi connectivity index (χ4n) is 3.19. The summed E-state index contributed by atoms with van der Waals surface area (Å²) in [5.41, 5.74) is 1.16. The van der Waals surface area contributed by atoms with Crippen molar-refractivity contribution in [2.24, 2.45) is 4.99 Å². The minimum Gasteiger partial charge on any atom is -0.373 e. The van der Waals surface area contributed by atoms with Crippen molar-refractivity contribution in [3.63, 3.8) is 0 Å². The molecule has 0 radical (unpaired) electrons. The third-order valence-electron chi connectivity index (χ3n) is 4.31. The standard InChI is InChI=1S/C16H26N4OS/c1-3-15-19-11(10-22-15)7-8-18-16(17-4-2)20-13-9-12-5-6-14(13)21-12/h10,12-14H,3-9H2,1-2H3,(H2,17,18,20). The van der Waals surface area contributed by atoms with Gasteiger partial charge in [-0.1, -0.05) is 6.92 Å². The predicted octanol–water partition coefficient (Wildman–Crippen LogP) is 2.12. The van der Waals surface area contributed by atoms with E-state index in [0.717, 1.165) is 44.0 Å². The second kappa shape index (κ2) is 7.42. The monoisotopic (exact) mass is 322 g/mol. The highest BCUT2D eigenvalue weighted by molar-refractivity contribution is 7.09. The molecule has 2 fully saturated rings. The number of ether oxygens (including phenoxy) is 1. The van der Waals surface area contributed by atoms with Gasteiger partial charge in [-0.05, 0) is 32.6 Å². The van der Waals surface area contributed by atoms with E-state index in [9.17, 15) is 0 Å². The van der Waals surface area contributed by atoms with Crippen molar-refractivity contribution in [3.05, 3.63) is 16.1 Å². The van der Waals surface area contributed by atoms with Crippen LogP contribution >= 0.6 is 11.3 Å². The van der Waals surface area contributed by atoms with Crippen LogP contribution in [0.3, 0.4) is 0 Å². The molecule has 0 saturated carbocycles. The van der Waals surface area contributed by atoms with Gasteiger partial charge in [-0.2, -0.15) is 0 Å². The molecule has 2 saturated heterocycles. The first-order chi connectivity index (χ1) is 10.8. The fraction of sp³-hybridized carbons (Fsp3) is 0.750. The van der Waals surface area contributed by atoms with Crippen molar-refractivity contribution in [2.45, 2.75) is 64.2 Å². The Balaban J connectivity index is 1.51. The van der Waals surface area contributed by atoms with E-state index in [0.29, 0.717) is 18.2 Å². The molecule has 3 rings (SSSR count). The molecule has 0 aromatic carbocycles. The minimum absolute atomic E-state index is 0.375. The highest BCUT2D eigenvalue weighted by Crippen LogP contribution is 2.34. The molecule has 22 heavy (non-hydrogen) atoms. The molecule has 3 unspecified atom stereocenters. The number of thiazole rings is 1. The lowest BCUT2D eigenvalue weighted by Crippen LogP contribution is -2.47. The number of aryl methyl sites for hydroxylation is 1. The number of guanidine groups is 1. The van der Waals surface area contributed by atoms with Gasteiger partial charge in [0.2, 0.25) is 0 Å². The van der Waals surface area contributed by atoms with E-state index in [2.05, 4.69) is 34.8 Å². The van der Waals surface area contributed by atoms with Crippen molar-refractivity contribution < 1.29 is 4.74 Å². The highest BCUT2D eigenvalue weighted by Gasteiger charge is 2.41. The van der Waals surface area contributed by atoms with E-state index < -0.39 is 0 Å². The molecule has 0 aliphatic carbocycles. The quantitative estimate of drug-likeness (QED) is 0.622. The second-order valence-electron chi connectivity index (χ2n) is 5.96. The molecule has 0 amide bonds. The van der Waals surface area contributed by atoms with E-state index in [1.165, 1.54) is 17.8 Å². The minimum atomic E-state index is 0.375. The lowest BCUT2D eigenvalue weighted by Gasteiger charge is -2.22. The normalized spacial score (nSPS) is 27.4. The molecule has 2 bridgehead atoms. The van der Waals surface area contributed by atoms with Gasteiger partial charge in [-0.15, -0.1) is 11.3 Å². The summed E-state index contributed by atoms with van der Waals surface area (Å²) < 4.78 is 5.90. The van der Waals surface area contributed by atoms with Crippen LogP contribution in [-0.4, -0.2) is 42.3 Å². The maximum absolute atomic E-state index is 5.90. The fourth-order valence-corrected chi connectivity index (χ4v) is 3.97. The first-order valence-corrected chi connectivity index (χ1v) is 9.30. The number of nitrogens with one attached hydrogen (secondary N) is 2. The lowest BCUT2D eigenvalue weighted by atomic mass is 9.96. The number of fused-ring (bicyclic) bond motifs is 2. The van der Waals surface area contributed by atoms with Gasteiger partial charge in [0.1, 0.15) is 0 Å². The highest BCUT2D eigenvalue weighted by atomic mass is 32.1. The zero-order valence-corrected chi connectivity index (χ0v) is 14.3. The van der Waals surface area contributed by atoms with Crippen molar-refractivity contribution in [3.8, 4) is 0 Å². The number of nitrogens with zero attached hydrogens (tertiary/aromatic N) is 2. The predicted molar refractivity (Wildman–Crippen MR) is 90.6 cm³/mol. The summed E-state index contributed by atoms with van der Waals surface area (Å²) in [5, 5.41) is 10.2. The third kappa shape index (κ3) is 3.79. The van der Waals surface area contributed by atoms with Gasteiger partial charge in [0.15, 0.2) is 5.96 Å². The summed E-state index contributed by atoms with van der Waals surface area (Å²) in [6.45, 7) is 5.89. The lowest BCUT2D eigenvalue weighted by molar-refractivity contribution is 0.0992. The smallest absolute Gasteiger partial charge is 0.191 e. The average molecular weight is 322 g/mol. The van der Waals surface area contributed by atoms with E-state index in [4.69, 9.17) is 9.73 Å². The van der Waals surface area contributed by atoms with Gasteiger partial charge < -0.3 is 15.4 Å². The van der Waals surface area contributed by atoms with Gasteiger partial charge in [0, 0.05) is 24.9 Å². The molecule has 1 aromatic rings. The summed E-state index contributed by atoms with van der Waals surface area (Å²) in [4.78, 5) is 9.29. The van der Waals surface area contributed by atoms with Crippen LogP contribution in [0, 0.1) is 0 Å². The van der Waals surface area contributed by atoms with Crippen molar-refractivity contribution in [2.75, 3.05) is 13.1 Å². The molecule has 6 heteroatoms. The van der Waals surface area contributed by atoms with Crippen LogP contribution in [-0.2, 0) is 17.6 Å². The Morgan fingerprint density at radius 1 is 1.45 bits per heavy atom. The first kappa shape index (κ1) is 15.7. The van der Waals surface area contributed by atoms with Gasteiger partial charge >= 0.3 is 0 Å². The van der Waals surface area contributed by atoms with Crippen LogP contribution in [0.25, 0.3) is 0 Å². The van der Waals surface area contributed by atoms with E-state index >= 15 is 0 Å². The summed E-state index contributed by atoms with van der Waals surface area (Å²) >= 11 is 1.75. The zero-order valence-electron chi connectivity index (χ0n) is 13.5. The van der Waals surface area contributed by atoms with Crippen molar-refractivity contribution >= 4 is 17.3 Å². The van der Waals surface area contributed by atoms with Gasteiger partial charge in [-0.3, -0.25) is 4.99 Å². The van der Waals surface area contributed by atoms with Crippen molar-refractivity contribution in [1.82, 2.24) is 15.6 Å². The molecule has 122 valence electrons. The third-order valence-corrected chi connectivity index (χ3v) is 5.35. The molecule has 2 aliphatic rings. The maximum Gasteiger partial charge on any atom is 0.191 e. The molecule has 0 spiro atoms. The Kier molecular flexibility index (Phi) is 5.31. The SMILES string of the molecule is CCNC(=NCCc1csc(CC)n1)NC1CC2CCC1O2. The number of aromatic nitrogens is 1. The molecule has 1 aromatic heterocycles. The van der Waals surface area contributed by atoms with Crippen LogP contribution in [0.4, 0.5) is 0 Å². The molecule has 2 aliphatic heterocycles. The topological polar surface area (TPSA) is 58.5 Å². The molecule has 5 nitrogen and oxygen atoms in total. The number of rotatable bonds is 6.